The van der Waals surface area contributed by atoms with E-state index < -0.39 is 11.4 Å². The van der Waals surface area contributed by atoms with Gasteiger partial charge >= 0.3 is 5.97 Å². The highest BCUT2D eigenvalue weighted by molar-refractivity contribution is 5.90. The quantitative estimate of drug-likeness (QED) is 0.298. The third-order valence-corrected chi connectivity index (χ3v) is 5.17. The second-order valence-corrected chi connectivity index (χ2v) is 6.99. The van der Waals surface area contributed by atoms with Gasteiger partial charge in [-0.2, -0.15) is 0 Å². The van der Waals surface area contributed by atoms with Crippen LogP contribution < -0.4 is 10.8 Å². The number of nitrogens with zero attached hydrogens (tertiary/aromatic N) is 1. The molecule has 0 bridgehead atoms. The Bertz CT molecular complexity index is 662. The maximum Gasteiger partial charge on any atom is 0.326 e. The molecule has 7 heteroatoms. The van der Waals surface area contributed by atoms with Crippen molar-refractivity contribution in [3.63, 3.8) is 0 Å². The van der Waals surface area contributed by atoms with Gasteiger partial charge in [0, 0.05) is 18.8 Å². The van der Waals surface area contributed by atoms with E-state index in [1.165, 1.54) is 11.6 Å². The van der Waals surface area contributed by atoms with Crippen LogP contribution in [-0.4, -0.2) is 33.7 Å². The molecule has 0 aliphatic heterocycles. The normalized spacial score (nSPS) is 19.3. The van der Waals surface area contributed by atoms with Crippen LogP contribution in [0.2, 0.25) is 0 Å². The minimum absolute atomic E-state index is 0.0853. The summed E-state index contributed by atoms with van der Waals surface area (Å²) < 4.78 is 5.70. The van der Waals surface area contributed by atoms with E-state index in [0.717, 1.165) is 56.2 Å². The smallest absolute Gasteiger partial charge is 0.326 e. The first-order valence-electron chi connectivity index (χ1n) is 9.14. The number of aromatic nitrogens is 1. The molecule has 1 aromatic heterocycles. The lowest BCUT2D eigenvalue weighted by molar-refractivity contribution is -0.161. The molecule has 1 amide bonds. The van der Waals surface area contributed by atoms with Gasteiger partial charge in [-0.3, -0.25) is 25.1 Å². The fraction of sp³-hybridized carbons (Fsp3) is 0.526. The molecule has 0 radical (unpaired) electrons. The Morgan fingerprint density at radius 2 is 2.04 bits per heavy atom. The van der Waals surface area contributed by atoms with E-state index in [9.17, 15) is 9.59 Å². The Balaban J connectivity index is 1.54. The van der Waals surface area contributed by atoms with Crippen LogP contribution in [0.5, 0.6) is 0 Å². The zero-order valence-electron chi connectivity index (χ0n) is 14.7. The summed E-state index contributed by atoms with van der Waals surface area (Å²) in [5.74, 6) is -0.714. The van der Waals surface area contributed by atoms with Gasteiger partial charge in [0.1, 0.15) is 11.6 Å². The molecule has 0 unspecified atom stereocenters. The molecule has 1 heterocycles. The van der Waals surface area contributed by atoms with Crippen LogP contribution in [0.1, 0.15) is 56.2 Å². The zero-order valence-corrected chi connectivity index (χ0v) is 14.7. The van der Waals surface area contributed by atoms with Crippen molar-refractivity contribution in [1.82, 2.24) is 15.8 Å². The molecule has 2 aliphatic rings. The van der Waals surface area contributed by atoms with Crippen molar-refractivity contribution in [2.45, 2.75) is 63.1 Å². The third kappa shape index (κ3) is 4.47. The number of carbonyl (C=O) groups excluding carboxylic acids is 2. The number of rotatable bonds is 7. The number of nitrogens with one attached hydrogen (secondary N) is 2. The van der Waals surface area contributed by atoms with E-state index in [4.69, 9.17) is 9.94 Å². The molecule has 1 aromatic rings. The predicted molar refractivity (Wildman–Crippen MR) is 95.0 cm³/mol. The molecule has 140 valence electrons. The van der Waals surface area contributed by atoms with Gasteiger partial charge in [-0.1, -0.05) is 6.07 Å². The average Bonchev–Trinajstić information content (AvgIpc) is 3.12. The van der Waals surface area contributed by atoms with Gasteiger partial charge in [-0.15, -0.1) is 0 Å². The first kappa shape index (κ1) is 18.5. The fourth-order valence-corrected chi connectivity index (χ4v) is 3.36. The minimum atomic E-state index is -0.594. The van der Waals surface area contributed by atoms with Crippen molar-refractivity contribution < 1.29 is 19.5 Å². The fourth-order valence-electron chi connectivity index (χ4n) is 3.36. The van der Waals surface area contributed by atoms with Gasteiger partial charge in [0.15, 0.2) is 0 Å². The number of carbonyl (C=O) groups is 2. The molecule has 0 spiro atoms. The summed E-state index contributed by atoms with van der Waals surface area (Å²) in [6.07, 6.45) is 11.4. The molecule has 2 fully saturated rings. The van der Waals surface area contributed by atoms with Gasteiger partial charge in [-0.05, 0) is 62.7 Å². The second-order valence-electron chi connectivity index (χ2n) is 6.99. The Kier molecular flexibility index (Phi) is 6.00. The van der Waals surface area contributed by atoms with E-state index in [1.54, 1.807) is 12.3 Å². The van der Waals surface area contributed by atoms with Crippen LogP contribution in [-0.2, 0) is 20.9 Å². The van der Waals surface area contributed by atoms with Crippen molar-refractivity contribution in [3.8, 4) is 0 Å². The highest BCUT2D eigenvalue weighted by Gasteiger charge is 2.46. The van der Waals surface area contributed by atoms with Gasteiger partial charge < -0.3 is 4.74 Å². The summed E-state index contributed by atoms with van der Waals surface area (Å²) in [5.41, 5.74) is 2.53. The predicted octanol–water partition coefficient (Wildman–Crippen LogP) is 2.10. The second kappa shape index (κ2) is 8.42. The third-order valence-electron chi connectivity index (χ3n) is 5.17. The van der Waals surface area contributed by atoms with E-state index in [0.29, 0.717) is 6.54 Å². The molecule has 0 aromatic carbocycles. The maximum atomic E-state index is 12.6. The number of pyridine rings is 1. The lowest BCUT2D eigenvalue weighted by atomic mass is 9.76. The van der Waals surface area contributed by atoms with Crippen molar-refractivity contribution in [3.05, 3.63) is 35.7 Å². The van der Waals surface area contributed by atoms with Crippen LogP contribution in [0.3, 0.4) is 0 Å². The molecule has 2 aliphatic carbocycles. The standard InChI is InChI=1S/C19H25N3O4/c23-17(22-25)9-7-14-6-8-15(20-12-14)13-21-19(10-3-11-19)18(24)26-16-4-1-2-5-16/h6-9,12,16,21,25H,1-5,10-11,13H2,(H,22,23)/b9-7+. The van der Waals surface area contributed by atoms with Crippen LogP contribution in [0.15, 0.2) is 24.4 Å². The molecule has 2 saturated carbocycles. The summed E-state index contributed by atoms with van der Waals surface area (Å²) >= 11 is 0. The summed E-state index contributed by atoms with van der Waals surface area (Å²) in [4.78, 5) is 27.9. The SMILES string of the molecule is O=C(/C=C/c1ccc(CNC2(C(=O)OC3CCCC3)CCC2)nc1)NO. The topological polar surface area (TPSA) is 101 Å². The van der Waals surface area contributed by atoms with Crippen LogP contribution >= 0.6 is 0 Å². The first-order valence-corrected chi connectivity index (χ1v) is 9.14. The molecule has 7 nitrogen and oxygen atoms in total. The van der Waals surface area contributed by atoms with Gasteiger partial charge in [0.05, 0.1) is 5.69 Å². The molecule has 0 saturated heterocycles. The maximum absolute atomic E-state index is 12.6. The Morgan fingerprint density at radius 1 is 1.27 bits per heavy atom. The summed E-state index contributed by atoms with van der Waals surface area (Å²) in [7, 11) is 0. The number of ether oxygens (including phenoxy) is 1. The molecule has 3 rings (SSSR count). The monoisotopic (exact) mass is 359 g/mol. The first-order chi connectivity index (χ1) is 12.6. The van der Waals surface area contributed by atoms with Gasteiger partial charge in [-0.25, -0.2) is 5.48 Å². The van der Waals surface area contributed by atoms with Crippen molar-refractivity contribution in [2.75, 3.05) is 0 Å². The van der Waals surface area contributed by atoms with Gasteiger partial charge in [0.25, 0.3) is 5.91 Å². The number of hydrogen-bond acceptors (Lipinski definition) is 6. The van der Waals surface area contributed by atoms with Crippen LogP contribution in [0.25, 0.3) is 6.08 Å². The summed E-state index contributed by atoms with van der Waals surface area (Å²) in [5, 5.41) is 11.8. The average molecular weight is 359 g/mol. The Morgan fingerprint density at radius 3 is 2.62 bits per heavy atom. The summed E-state index contributed by atoms with van der Waals surface area (Å²) in [6, 6.07) is 3.67. The van der Waals surface area contributed by atoms with Crippen molar-refractivity contribution in [2.24, 2.45) is 0 Å². The highest BCUT2D eigenvalue weighted by atomic mass is 16.5. The number of amides is 1. The van der Waals surface area contributed by atoms with Gasteiger partial charge in [0.2, 0.25) is 0 Å². The van der Waals surface area contributed by atoms with E-state index in [2.05, 4.69) is 10.3 Å². The number of hydroxylamine groups is 1. The van der Waals surface area contributed by atoms with E-state index in [-0.39, 0.29) is 12.1 Å². The molecule has 0 atom stereocenters. The Hall–Kier alpha value is -2.25. The Labute approximate surface area is 152 Å². The van der Waals surface area contributed by atoms with Crippen molar-refractivity contribution in [1.29, 1.82) is 0 Å². The lowest BCUT2D eigenvalue weighted by Gasteiger charge is -2.40. The number of esters is 1. The van der Waals surface area contributed by atoms with Crippen LogP contribution in [0.4, 0.5) is 0 Å². The minimum Gasteiger partial charge on any atom is -0.461 e. The highest BCUT2D eigenvalue weighted by Crippen LogP contribution is 2.35. The van der Waals surface area contributed by atoms with E-state index >= 15 is 0 Å². The van der Waals surface area contributed by atoms with Crippen LogP contribution in [0, 0.1) is 0 Å². The van der Waals surface area contributed by atoms with E-state index in [1.807, 2.05) is 12.1 Å². The molecule has 26 heavy (non-hydrogen) atoms. The molecular weight excluding hydrogens is 334 g/mol. The largest absolute Gasteiger partial charge is 0.461 e. The molecular formula is C19H25N3O4. The van der Waals surface area contributed by atoms with Crippen molar-refractivity contribution >= 4 is 18.0 Å². The number of hydrogen-bond donors (Lipinski definition) is 3. The molecule has 3 N–H and O–H groups in total. The zero-order chi connectivity index (χ0) is 18.4. The lowest BCUT2D eigenvalue weighted by Crippen LogP contribution is -2.58. The summed E-state index contributed by atoms with van der Waals surface area (Å²) in [6.45, 7) is 0.487.